The van der Waals surface area contributed by atoms with E-state index in [2.05, 4.69) is 39.8 Å². The highest BCUT2D eigenvalue weighted by Crippen LogP contribution is 2.22. The number of benzene rings is 2. The van der Waals surface area contributed by atoms with Crippen molar-refractivity contribution in [3.05, 3.63) is 58.1 Å². The van der Waals surface area contributed by atoms with E-state index in [-0.39, 0.29) is 22.9 Å². The van der Waals surface area contributed by atoms with Crippen LogP contribution < -0.4 is 14.8 Å². The summed E-state index contributed by atoms with van der Waals surface area (Å²) in [7, 11) is -3.74. The van der Waals surface area contributed by atoms with E-state index in [9.17, 15) is 13.2 Å². The van der Waals surface area contributed by atoms with Crippen LogP contribution in [0.4, 0.5) is 0 Å². The molecule has 2 rings (SSSR count). The van der Waals surface area contributed by atoms with Crippen molar-refractivity contribution >= 4 is 31.9 Å². The number of hydrogen-bond acceptors (Lipinski definition) is 4. The van der Waals surface area contributed by atoms with Crippen LogP contribution in [0, 0.1) is 0 Å². The Labute approximate surface area is 187 Å². The lowest BCUT2D eigenvalue weighted by Gasteiger charge is -2.20. The number of carbonyl (C=O) groups is 1. The molecular formula is C22H29BrN2O4S. The minimum absolute atomic E-state index is 0.0345. The lowest BCUT2D eigenvalue weighted by Crippen LogP contribution is -2.40. The number of hydrogen-bond donors (Lipinski definition) is 2. The number of carbonyl (C=O) groups excluding carboxylic acids is 1. The van der Waals surface area contributed by atoms with E-state index < -0.39 is 15.6 Å². The maximum absolute atomic E-state index is 12.5. The maximum Gasteiger partial charge on any atom is 0.252 e. The molecule has 164 valence electrons. The van der Waals surface area contributed by atoms with Gasteiger partial charge in [0.15, 0.2) is 0 Å². The Morgan fingerprint density at radius 3 is 2.30 bits per heavy atom. The lowest BCUT2D eigenvalue weighted by molar-refractivity contribution is 0.0946. The molecule has 0 bridgehead atoms. The first-order valence-electron chi connectivity index (χ1n) is 9.73. The third kappa shape index (κ3) is 7.11. The molecule has 0 fully saturated rings. The van der Waals surface area contributed by atoms with Gasteiger partial charge in [0, 0.05) is 10.0 Å². The van der Waals surface area contributed by atoms with Gasteiger partial charge in [-0.3, -0.25) is 4.79 Å². The number of amides is 1. The van der Waals surface area contributed by atoms with Crippen molar-refractivity contribution in [2.45, 2.75) is 51.0 Å². The van der Waals surface area contributed by atoms with Crippen molar-refractivity contribution in [1.82, 2.24) is 10.0 Å². The number of sulfonamides is 1. The van der Waals surface area contributed by atoms with Crippen molar-refractivity contribution in [3.8, 4) is 5.75 Å². The molecule has 0 saturated heterocycles. The molecule has 0 aromatic heterocycles. The zero-order valence-corrected chi connectivity index (χ0v) is 20.4. The molecule has 0 radical (unpaired) electrons. The number of rotatable bonds is 8. The Balaban J connectivity index is 1.98. The molecule has 0 aliphatic rings. The summed E-state index contributed by atoms with van der Waals surface area (Å²) in [4.78, 5) is 12.6. The summed E-state index contributed by atoms with van der Waals surface area (Å²) in [6.45, 7) is 10.1. The highest BCUT2D eigenvalue weighted by Gasteiger charge is 2.23. The van der Waals surface area contributed by atoms with Gasteiger partial charge < -0.3 is 10.1 Å². The van der Waals surface area contributed by atoms with Crippen LogP contribution in [0.1, 0.15) is 56.5 Å². The standard InChI is InChI=1S/C22H29BrN2O4S/c1-15(2)16-6-8-17(9-7-16)29-13-12-24-21(26)19-14-18(10-11-20(19)23)30(27,28)25-22(3,4)5/h6-11,14-15,25H,12-13H2,1-5H3,(H,24,26). The monoisotopic (exact) mass is 496 g/mol. The Morgan fingerprint density at radius 1 is 1.10 bits per heavy atom. The average Bonchev–Trinajstić information content (AvgIpc) is 2.63. The van der Waals surface area contributed by atoms with E-state index in [4.69, 9.17) is 4.74 Å². The van der Waals surface area contributed by atoms with Crippen LogP contribution in [0.2, 0.25) is 0 Å². The van der Waals surface area contributed by atoms with Gasteiger partial charge in [-0.15, -0.1) is 0 Å². The SMILES string of the molecule is CC(C)c1ccc(OCCNC(=O)c2cc(S(=O)(=O)NC(C)(C)C)ccc2Br)cc1. The highest BCUT2D eigenvalue weighted by atomic mass is 79.9. The quantitative estimate of drug-likeness (QED) is 0.528. The maximum atomic E-state index is 12.5. The van der Waals surface area contributed by atoms with Crippen LogP contribution >= 0.6 is 15.9 Å². The Morgan fingerprint density at radius 2 is 1.73 bits per heavy atom. The summed E-state index contributed by atoms with van der Waals surface area (Å²) in [6, 6.07) is 12.2. The summed E-state index contributed by atoms with van der Waals surface area (Å²) in [5.41, 5.74) is 0.850. The second-order valence-corrected chi connectivity index (χ2v) is 10.9. The Hall–Kier alpha value is -1.90. The second-order valence-electron chi connectivity index (χ2n) is 8.33. The largest absolute Gasteiger partial charge is 0.492 e. The molecule has 8 heteroatoms. The number of halogens is 1. The van der Waals surface area contributed by atoms with Gasteiger partial charge in [-0.25, -0.2) is 13.1 Å². The van der Waals surface area contributed by atoms with Gasteiger partial charge in [-0.05, 0) is 78.5 Å². The van der Waals surface area contributed by atoms with E-state index >= 15 is 0 Å². The van der Waals surface area contributed by atoms with Crippen molar-refractivity contribution in [3.63, 3.8) is 0 Å². The molecule has 2 N–H and O–H groups in total. The van der Waals surface area contributed by atoms with Crippen LogP contribution in [0.15, 0.2) is 51.8 Å². The first-order valence-corrected chi connectivity index (χ1v) is 12.0. The molecule has 0 saturated carbocycles. The molecule has 0 atom stereocenters. The van der Waals surface area contributed by atoms with Crippen LogP contribution in [0.5, 0.6) is 5.75 Å². The molecular weight excluding hydrogens is 468 g/mol. The summed E-state index contributed by atoms with van der Waals surface area (Å²) < 4.78 is 33.8. The first kappa shape index (κ1) is 24.4. The van der Waals surface area contributed by atoms with Crippen molar-refractivity contribution < 1.29 is 17.9 Å². The van der Waals surface area contributed by atoms with Gasteiger partial charge in [-0.2, -0.15) is 0 Å². The predicted octanol–water partition coefficient (Wildman–Crippen LogP) is 4.46. The summed E-state index contributed by atoms with van der Waals surface area (Å²) >= 11 is 3.32. The lowest BCUT2D eigenvalue weighted by atomic mass is 10.0. The number of nitrogens with one attached hydrogen (secondary N) is 2. The topological polar surface area (TPSA) is 84.5 Å². The van der Waals surface area contributed by atoms with E-state index in [1.165, 1.54) is 17.7 Å². The molecule has 2 aromatic rings. The third-order valence-corrected chi connectivity index (χ3v) is 6.58. The normalized spacial score (nSPS) is 12.1. The molecule has 30 heavy (non-hydrogen) atoms. The van der Waals surface area contributed by atoms with Gasteiger partial charge in [0.1, 0.15) is 12.4 Å². The zero-order valence-electron chi connectivity index (χ0n) is 18.0. The minimum atomic E-state index is -3.74. The fourth-order valence-electron chi connectivity index (χ4n) is 2.69. The first-order chi connectivity index (χ1) is 13.9. The molecule has 0 heterocycles. The summed E-state index contributed by atoms with van der Waals surface area (Å²) in [5, 5.41) is 2.76. The smallest absolute Gasteiger partial charge is 0.252 e. The van der Waals surface area contributed by atoms with Gasteiger partial charge in [0.25, 0.3) is 5.91 Å². The molecule has 0 aliphatic carbocycles. The van der Waals surface area contributed by atoms with Crippen LogP contribution in [0.3, 0.4) is 0 Å². The van der Waals surface area contributed by atoms with E-state index in [1.54, 1.807) is 26.8 Å². The van der Waals surface area contributed by atoms with Crippen molar-refractivity contribution in [1.29, 1.82) is 0 Å². The molecule has 6 nitrogen and oxygen atoms in total. The summed E-state index contributed by atoms with van der Waals surface area (Å²) in [6.07, 6.45) is 0. The fourth-order valence-corrected chi connectivity index (χ4v) is 4.56. The van der Waals surface area contributed by atoms with E-state index in [1.807, 2.05) is 24.3 Å². The number of ether oxygens (including phenoxy) is 1. The zero-order chi connectivity index (χ0) is 22.5. The second kappa shape index (κ2) is 9.94. The third-order valence-electron chi connectivity index (χ3n) is 4.14. The summed E-state index contributed by atoms with van der Waals surface area (Å²) in [5.74, 6) is 0.805. The van der Waals surface area contributed by atoms with Gasteiger partial charge in [0.05, 0.1) is 17.0 Å². The molecule has 0 aliphatic heterocycles. The van der Waals surface area contributed by atoms with Crippen LogP contribution in [-0.4, -0.2) is 33.0 Å². The molecule has 0 unspecified atom stereocenters. The van der Waals surface area contributed by atoms with Crippen molar-refractivity contribution in [2.75, 3.05) is 13.2 Å². The molecule has 1 amide bonds. The van der Waals surface area contributed by atoms with Crippen molar-refractivity contribution in [2.24, 2.45) is 0 Å². The molecule has 0 spiro atoms. The highest BCUT2D eigenvalue weighted by molar-refractivity contribution is 9.10. The van der Waals surface area contributed by atoms with Gasteiger partial charge in [0.2, 0.25) is 10.0 Å². The van der Waals surface area contributed by atoms with Crippen LogP contribution in [-0.2, 0) is 10.0 Å². The van der Waals surface area contributed by atoms with E-state index in [0.717, 1.165) is 5.75 Å². The van der Waals surface area contributed by atoms with E-state index in [0.29, 0.717) is 17.0 Å². The minimum Gasteiger partial charge on any atom is -0.492 e. The fraction of sp³-hybridized carbons (Fsp3) is 0.409. The van der Waals surface area contributed by atoms with Gasteiger partial charge >= 0.3 is 0 Å². The Bertz CT molecular complexity index is 981. The predicted molar refractivity (Wildman–Crippen MR) is 123 cm³/mol. The van der Waals surface area contributed by atoms with Crippen LogP contribution in [0.25, 0.3) is 0 Å². The molecule has 2 aromatic carbocycles. The average molecular weight is 497 g/mol. The van der Waals surface area contributed by atoms with Gasteiger partial charge in [-0.1, -0.05) is 26.0 Å². The Kier molecular flexibility index (Phi) is 8.07.